The van der Waals surface area contributed by atoms with Gasteiger partial charge in [0.05, 0.1) is 5.69 Å². The largest absolute Gasteiger partial charge is 0.322 e. The molecular formula is C18H23N3O. The second-order valence-electron chi connectivity index (χ2n) is 5.49. The molecule has 0 fully saturated rings. The third kappa shape index (κ3) is 3.27. The van der Waals surface area contributed by atoms with Crippen LogP contribution in [0.5, 0.6) is 0 Å². The number of nitrogens with one attached hydrogen (secondary N) is 1. The summed E-state index contributed by atoms with van der Waals surface area (Å²) >= 11 is 0. The zero-order chi connectivity index (χ0) is 16.3. The van der Waals surface area contributed by atoms with Crippen LogP contribution in [0.4, 0.5) is 5.69 Å². The van der Waals surface area contributed by atoms with Gasteiger partial charge in [-0.15, -0.1) is 0 Å². The number of hydrogen-bond acceptors (Lipinski definition) is 2. The van der Waals surface area contributed by atoms with Gasteiger partial charge in [0.25, 0.3) is 0 Å². The maximum absolute atomic E-state index is 12.2. The van der Waals surface area contributed by atoms with E-state index in [1.807, 2.05) is 56.8 Å². The van der Waals surface area contributed by atoms with Gasteiger partial charge in [-0.05, 0) is 44.4 Å². The van der Waals surface area contributed by atoms with Crippen LogP contribution >= 0.6 is 0 Å². The van der Waals surface area contributed by atoms with Crippen LogP contribution in [-0.2, 0) is 18.3 Å². The predicted octanol–water partition coefficient (Wildman–Crippen LogP) is 3.56. The topological polar surface area (TPSA) is 46.9 Å². The van der Waals surface area contributed by atoms with Crippen molar-refractivity contribution in [1.82, 2.24) is 9.78 Å². The highest BCUT2D eigenvalue weighted by Crippen LogP contribution is 2.21. The Morgan fingerprint density at radius 2 is 2.05 bits per heavy atom. The van der Waals surface area contributed by atoms with Crippen molar-refractivity contribution in [2.24, 2.45) is 7.05 Å². The molecule has 0 aliphatic rings. The summed E-state index contributed by atoms with van der Waals surface area (Å²) in [5.41, 5.74) is 6.11. The summed E-state index contributed by atoms with van der Waals surface area (Å²) in [6, 6.07) is 6.07. The highest BCUT2D eigenvalue weighted by atomic mass is 16.1. The van der Waals surface area contributed by atoms with E-state index < -0.39 is 0 Å². The van der Waals surface area contributed by atoms with E-state index in [2.05, 4.69) is 17.3 Å². The Hall–Kier alpha value is -2.36. The van der Waals surface area contributed by atoms with Crippen LogP contribution in [0.3, 0.4) is 0 Å². The van der Waals surface area contributed by atoms with E-state index in [0.717, 1.165) is 40.2 Å². The SMILES string of the molecule is CCc1cccc(C)c1NC(=O)C=Cc1c(C)nn(C)c1C. The molecule has 1 aromatic heterocycles. The summed E-state index contributed by atoms with van der Waals surface area (Å²) in [6.07, 6.45) is 4.29. The second-order valence-corrected chi connectivity index (χ2v) is 5.49. The first-order valence-electron chi connectivity index (χ1n) is 7.51. The molecule has 0 atom stereocenters. The van der Waals surface area contributed by atoms with Gasteiger partial charge in [0.15, 0.2) is 0 Å². The van der Waals surface area contributed by atoms with E-state index in [4.69, 9.17) is 0 Å². The van der Waals surface area contributed by atoms with Gasteiger partial charge in [-0.25, -0.2) is 0 Å². The minimum absolute atomic E-state index is 0.119. The molecule has 0 bridgehead atoms. The number of anilines is 1. The first-order chi connectivity index (χ1) is 10.4. The van der Waals surface area contributed by atoms with E-state index in [9.17, 15) is 4.79 Å². The van der Waals surface area contributed by atoms with Crippen molar-refractivity contribution < 1.29 is 4.79 Å². The van der Waals surface area contributed by atoms with Gasteiger partial charge < -0.3 is 5.32 Å². The lowest BCUT2D eigenvalue weighted by Crippen LogP contribution is -2.11. The van der Waals surface area contributed by atoms with Crippen LogP contribution in [0.15, 0.2) is 24.3 Å². The molecule has 1 N–H and O–H groups in total. The molecule has 0 aliphatic carbocycles. The molecule has 116 valence electrons. The molecule has 4 heteroatoms. The molecule has 0 saturated heterocycles. The van der Waals surface area contributed by atoms with Crippen LogP contribution in [0, 0.1) is 20.8 Å². The molecule has 1 aromatic carbocycles. The standard InChI is InChI=1S/C18H23N3O/c1-6-15-9-7-8-12(2)18(15)19-17(22)11-10-16-13(3)20-21(5)14(16)4/h7-11H,6H2,1-5H3,(H,19,22). The van der Waals surface area contributed by atoms with Gasteiger partial charge in [-0.3, -0.25) is 9.48 Å². The van der Waals surface area contributed by atoms with Crippen LogP contribution < -0.4 is 5.32 Å². The smallest absolute Gasteiger partial charge is 0.248 e. The fourth-order valence-electron chi connectivity index (χ4n) is 2.56. The first kappa shape index (κ1) is 16.0. The lowest BCUT2D eigenvalue weighted by atomic mass is 10.1. The summed E-state index contributed by atoms with van der Waals surface area (Å²) in [5, 5.41) is 7.34. The Morgan fingerprint density at radius 3 is 2.64 bits per heavy atom. The highest BCUT2D eigenvalue weighted by Gasteiger charge is 2.08. The van der Waals surface area contributed by atoms with Crippen molar-refractivity contribution in [3.05, 3.63) is 52.4 Å². The van der Waals surface area contributed by atoms with Crippen LogP contribution in [0.25, 0.3) is 6.08 Å². The molecule has 0 aliphatic heterocycles. The molecule has 0 radical (unpaired) electrons. The summed E-state index contributed by atoms with van der Waals surface area (Å²) in [4.78, 5) is 12.2. The fraction of sp³-hybridized carbons (Fsp3) is 0.333. The number of aromatic nitrogens is 2. The van der Waals surface area contributed by atoms with Gasteiger partial charge in [-0.2, -0.15) is 5.10 Å². The third-order valence-electron chi connectivity index (χ3n) is 3.95. The monoisotopic (exact) mass is 297 g/mol. The lowest BCUT2D eigenvalue weighted by Gasteiger charge is -2.11. The molecule has 0 saturated carbocycles. The molecule has 0 unspecified atom stereocenters. The minimum Gasteiger partial charge on any atom is -0.322 e. The maximum Gasteiger partial charge on any atom is 0.248 e. The summed E-state index contributed by atoms with van der Waals surface area (Å²) in [6.45, 7) is 8.03. The number of rotatable bonds is 4. The average molecular weight is 297 g/mol. The number of hydrogen-bond donors (Lipinski definition) is 1. The van der Waals surface area contributed by atoms with E-state index in [0.29, 0.717) is 0 Å². The Morgan fingerprint density at radius 1 is 1.32 bits per heavy atom. The zero-order valence-electron chi connectivity index (χ0n) is 13.9. The van der Waals surface area contributed by atoms with Crippen LogP contribution in [0.2, 0.25) is 0 Å². The fourth-order valence-corrected chi connectivity index (χ4v) is 2.56. The molecular weight excluding hydrogens is 274 g/mol. The molecule has 0 spiro atoms. The van der Waals surface area contributed by atoms with Crippen LogP contribution in [0.1, 0.15) is 35.0 Å². The van der Waals surface area contributed by atoms with E-state index >= 15 is 0 Å². The number of carbonyl (C=O) groups is 1. The molecule has 22 heavy (non-hydrogen) atoms. The van der Waals surface area contributed by atoms with Crippen molar-refractivity contribution in [1.29, 1.82) is 0 Å². The van der Waals surface area contributed by atoms with E-state index in [1.165, 1.54) is 0 Å². The van der Waals surface area contributed by atoms with Gasteiger partial charge >= 0.3 is 0 Å². The van der Waals surface area contributed by atoms with Crippen molar-refractivity contribution in [2.75, 3.05) is 5.32 Å². The van der Waals surface area contributed by atoms with E-state index in [-0.39, 0.29) is 5.91 Å². The maximum atomic E-state index is 12.2. The van der Waals surface area contributed by atoms with Gasteiger partial charge in [-0.1, -0.05) is 25.1 Å². The van der Waals surface area contributed by atoms with Crippen molar-refractivity contribution in [3.8, 4) is 0 Å². The Kier molecular flexibility index (Phi) is 4.81. The van der Waals surface area contributed by atoms with Crippen molar-refractivity contribution in [2.45, 2.75) is 34.1 Å². The van der Waals surface area contributed by atoms with Gasteiger partial charge in [0.1, 0.15) is 0 Å². The average Bonchev–Trinajstić information content (AvgIpc) is 2.72. The lowest BCUT2D eigenvalue weighted by molar-refractivity contribution is -0.111. The van der Waals surface area contributed by atoms with E-state index in [1.54, 1.807) is 6.08 Å². The van der Waals surface area contributed by atoms with Gasteiger partial charge in [0.2, 0.25) is 5.91 Å². The highest BCUT2D eigenvalue weighted by molar-refractivity contribution is 6.03. The van der Waals surface area contributed by atoms with Crippen molar-refractivity contribution >= 4 is 17.7 Å². The number of amides is 1. The first-order valence-corrected chi connectivity index (χ1v) is 7.51. The Bertz CT molecular complexity index is 726. The van der Waals surface area contributed by atoms with Crippen molar-refractivity contribution in [3.63, 3.8) is 0 Å². The molecule has 4 nitrogen and oxygen atoms in total. The molecule has 1 heterocycles. The summed E-state index contributed by atoms with van der Waals surface area (Å²) < 4.78 is 1.82. The quantitative estimate of drug-likeness (QED) is 0.877. The molecule has 2 aromatic rings. The Balaban J connectivity index is 2.19. The summed E-state index contributed by atoms with van der Waals surface area (Å²) in [7, 11) is 1.90. The second kappa shape index (κ2) is 6.60. The van der Waals surface area contributed by atoms with Gasteiger partial charge in [0, 0.05) is 30.1 Å². The number of carbonyl (C=O) groups excluding carboxylic acids is 1. The zero-order valence-corrected chi connectivity index (χ0v) is 13.9. The Labute approximate surface area is 131 Å². The number of aryl methyl sites for hydroxylation is 4. The summed E-state index contributed by atoms with van der Waals surface area (Å²) in [5.74, 6) is -0.119. The number of nitrogens with zero attached hydrogens (tertiary/aromatic N) is 2. The number of benzene rings is 1. The predicted molar refractivity (Wildman–Crippen MR) is 90.9 cm³/mol. The molecule has 2 rings (SSSR count). The van der Waals surface area contributed by atoms with Crippen LogP contribution in [-0.4, -0.2) is 15.7 Å². The normalized spacial score (nSPS) is 11.1. The molecule has 1 amide bonds. The minimum atomic E-state index is -0.119. The third-order valence-corrected chi connectivity index (χ3v) is 3.95. The number of para-hydroxylation sites is 1.